The highest BCUT2D eigenvalue weighted by atomic mass is 35.5. The Morgan fingerprint density at radius 3 is 2.65 bits per heavy atom. The molecule has 0 spiro atoms. The number of benzene rings is 1. The summed E-state index contributed by atoms with van der Waals surface area (Å²) in [6.07, 6.45) is 1.95. The van der Waals surface area contributed by atoms with Gasteiger partial charge in [0.25, 0.3) is 0 Å². The Balaban J connectivity index is 1.54. The lowest BCUT2D eigenvalue weighted by Crippen LogP contribution is -2.46. The third-order valence-electron chi connectivity index (χ3n) is 4.68. The van der Waals surface area contributed by atoms with E-state index >= 15 is 0 Å². The Morgan fingerprint density at radius 2 is 1.96 bits per heavy atom. The standard InChI is InChI=1S/C16H21ClN2O3S/c17-14-3-1-2-12(10-14)13-4-7-19(11-13)16(20)18-15-5-8-23(21,22)9-6-15/h1-3,10,13,15H,4-9,11H2,(H,18,20)/t13-/m1/s1. The molecule has 2 amide bonds. The molecule has 0 unspecified atom stereocenters. The van der Waals surface area contributed by atoms with Gasteiger partial charge in [-0.1, -0.05) is 23.7 Å². The van der Waals surface area contributed by atoms with Gasteiger partial charge in [0.1, 0.15) is 9.84 Å². The topological polar surface area (TPSA) is 66.5 Å². The van der Waals surface area contributed by atoms with Crippen LogP contribution in [0.4, 0.5) is 4.79 Å². The largest absolute Gasteiger partial charge is 0.335 e. The summed E-state index contributed by atoms with van der Waals surface area (Å²) in [5, 5.41) is 3.69. The zero-order chi connectivity index (χ0) is 16.4. The summed E-state index contributed by atoms with van der Waals surface area (Å²) in [6, 6.07) is 7.67. The lowest BCUT2D eigenvalue weighted by molar-refractivity contribution is 0.203. The molecule has 0 aliphatic carbocycles. The van der Waals surface area contributed by atoms with Gasteiger partial charge in [-0.15, -0.1) is 0 Å². The first-order valence-corrected chi connectivity index (χ1v) is 10.1. The number of likely N-dealkylation sites (tertiary alicyclic amines) is 1. The normalized spacial score (nSPS) is 24.6. The van der Waals surface area contributed by atoms with Crippen LogP contribution in [0.5, 0.6) is 0 Å². The third kappa shape index (κ3) is 4.18. The van der Waals surface area contributed by atoms with Crippen molar-refractivity contribution < 1.29 is 13.2 Å². The predicted molar refractivity (Wildman–Crippen MR) is 90.6 cm³/mol. The minimum absolute atomic E-state index is 0.0313. The predicted octanol–water partition coefficient (Wildman–Crippen LogP) is 2.42. The number of nitrogens with one attached hydrogen (secondary N) is 1. The van der Waals surface area contributed by atoms with Gasteiger partial charge in [0, 0.05) is 30.1 Å². The summed E-state index contributed by atoms with van der Waals surface area (Å²) in [5.41, 5.74) is 1.16. The molecule has 1 aromatic carbocycles. The molecule has 0 aromatic heterocycles. The highest BCUT2D eigenvalue weighted by Gasteiger charge is 2.30. The van der Waals surface area contributed by atoms with Gasteiger partial charge in [0.2, 0.25) is 0 Å². The number of hydrogen-bond donors (Lipinski definition) is 1. The Labute approximate surface area is 141 Å². The molecule has 23 heavy (non-hydrogen) atoms. The molecular formula is C16H21ClN2O3S. The van der Waals surface area contributed by atoms with E-state index in [0.29, 0.717) is 36.9 Å². The summed E-state index contributed by atoms with van der Waals surface area (Å²) in [7, 11) is -2.90. The SMILES string of the molecule is O=C(NC1CCS(=O)(=O)CC1)N1CC[C@@H](c2cccc(Cl)c2)C1. The van der Waals surface area contributed by atoms with Crippen LogP contribution in [0.2, 0.25) is 5.02 Å². The molecule has 2 saturated heterocycles. The van der Waals surface area contributed by atoms with Crippen LogP contribution in [0.15, 0.2) is 24.3 Å². The number of urea groups is 1. The molecule has 2 aliphatic rings. The van der Waals surface area contributed by atoms with Crippen LogP contribution >= 0.6 is 11.6 Å². The van der Waals surface area contributed by atoms with E-state index in [-0.39, 0.29) is 23.6 Å². The van der Waals surface area contributed by atoms with E-state index in [4.69, 9.17) is 11.6 Å². The molecule has 1 aromatic rings. The minimum Gasteiger partial charge on any atom is -0.335 e. The quantitative estimate of drug-likeness (QED) is 0.884. The van der Waals surface area contributed by atoms with Crippen LogP contribution in [-0.2, 0) is 9.84 Å². The van der Waals surface area contributed by atoms with E-state index in [2.05, 4.69) is 5.32 Å². The molecule has 2 fully saturated rings. The van der Waals surface area contributed by atoms with Gasteiger partial charge in [0.05, 0.1) is 11.5 Å². The summed E-state index contributed by atoms with van der Waals surface area (Å²) >= 11 is 6.03. The zero-order valence-electron chi connectivity index (χ0n) is 12.9. The smallest absolute Gasteiger partial charge is 0.317 e. The second kappa shape index (κ2) is 6.69. The van der Waals surface area contributed by atoms with Crippen molar-refractivity contribution in [3.8, 4) is 0 Å². The fourth-order valence-electron chi connectivity index (χ4n) is 3.28. The van der Waals surface area contributed by atoms with Crippen molar-refractivity contribution in [2.75, 3.05) is 24.6 Å². The van der Waals surface area contributed by atoms with Crippen LogP contribution in [0.3, 0.4) is 0 Å². The highest BCUT2D eigenvalue weighted by Crippen LogP contribution is 2.28. The van der Waals surface area contributed by atoms with Crippen LogP contribution in [-0.4, -0.2) is 50.0 Å². The van der Waals surface area contributed by atoms with E-state index in [1.54, 1.807) is 0 Å². The second-order valence-electron chi connectivity index (χ2n) is 6.36. The van der Waals surface area contributed by atoms with Crippen LogP contribution in [0, 0.1) is 0 Å². The van der Waals surface area contributed by atoms with Gasteiger partial charge >= 0.3 is 6.03 Å². The number of halogens is 1. The summed E-state index contributed by atoms with van der Waals surface area (Å²) < 4.78 is 22.9. The molecule has 2 aliphatic heterocycles. The lowest BCUT2D eigenvalue weighted by Gasteiger charge is -2.26. The Hall–Kier alpha value is -1.27. The van der Waals surface area contributed by atoms with Crippen LogP contribution in [0.25, 0.3) is 0 Å². The first kappa shape index (κ1) is 16.6. The Morgan fingerprint density at radius 1 is 1.22 bits per heavy atom. The molecular weight excluding hydrogens is 336 g/mol. The number of carbonyl (C=O) groups excluding carboxylic acids is 1. The average Bonchev–Trinajstić information content (AvgIpc) is 2.99. The van der Waals surface area contributed by atoms with Crippen LogP contribution < -0.4 is 5.32 Å². The van der Waals surface area contributed by atoms with Crippen molar-refractivity contribution in [1.82, 2.24) is 10.2 Å². The molecule has 2 heterocycles. The van der Waals surface area contributed by atoms with Gasteiger partial charge in [-0.25, -0.2) is 13.2 Å². The maximum atomic E-state index is 12.4. The van der Waals surface area contributed by atoms with Crippen molar-refractivity contribution in [2.24, 2.45) is 0 Å². The van der Waals surface area contributed by atoms with E-state index < -0.39 is 9.84 Å². The monoisotopic (exact) mass is 356 g/mol. The van der Waals surface area contributed by atoms with E-state index in [9.17, 15) is 13.2 Å². The molecule has 5 nitrogen and oxygen atoms in total. The molecule has 126 valence electrons. The summed E-state index contributed by atoms with van der Waals surface area (Å²) in [5.74, 6) is 0.651. The van der Waals surface area contributed by atoms with Crippen molar-refractivity contribution in [3.05, 3.63) is 34.9 Å². The number of sulfone groups is 1. The Kier molecular flexibility index (Phi) is 4.82. The summed E-state index contributed by atoms with van der Waals surface area (Å²) in [4.78, 5) is 14.2. The van der Waals surface area contributed by atoms with E-state index in [1.807, 2.05) is 29.2 Å². The average molecular weight is 357 g/mol. The van der Waals surface area contributed by atoms with Gasteiger partial charge in [-0.05, 0) is 37.0 Å². The van der Waals surface area contributed by atoms with Gasteiger partial charge in [0.15, 0.2) is 0 Å². The molecule has 0 bridgehead atoms. The lowest BCUT2D eigenvalue weighted by atomic mass is 9.99. The maximum absolute atomic E-state index is 12.4. The van der Waals surface area contributed by atoms with Crippen molar-refractivity contribution in [3.63, 3.8) is 0 Å². The number of rotatable bonds is 2. The van der Waals surface area contributed by atoms with Crippen molar-refractivity contribution in [1.29, 1.82) is 0 Å². The fourth-order valence-corrected chi connectivity index (χ4v) is 4.97. The first-order chi connectivity index (χ1) is 10.9. The maximum Gasteiger partial charge on any atom is 0.317 e. The zero-order valence-corrected chi connectivity index (χ0v) is 14.4. The second-order valence-corrected chi connectivity index (χ2v) is 9.10. The summed E-state index contributed by atoms with van der Waals surface area (Å²) in [6.45, 7) is 1.39. The highest BCUT2D eigenvalue weighted by molar-refractivity contribution is 7.91. The third-order valence-corrected chi connectivity index (χ3v) is 6.63. The van der Waals surface area contributed by atoms with Crippen molar-refractivity contribution in [2.45, 2.75) is 31.2 Å². The minimum atomic E-state index is -2.90. The van der Waals surface area contributed by atoms with E-state index in [0.717, 1.165) is 12.0 Å². The van der Waals surface area contributed by atoms with Crippen molar-refractivity contribution >= 4 is 27.5 Å². The number of carbonyl (C=O) groups is 1. The molecule has 1 atom stereocenters. The number of hydrogen-bond acceptors (Lipinski definition) is 3. The van der Waals surface area contributed by atoms with Gasteiger partial charge in [-0.3, -0.25) is 0 Å². The molecule has 0 saturated carbocycles. The molecule has 3 rings (SSSR count). The Bertz CT molecular complexity index is 678. The molecule has 1 N–H and O–H groups in total. The fraction of sp³-hybridized carbons (Fsp3) is 0.562. The van der Waals surface area contributed by atoms with Gasteiger partial charge in [-0.2, -0.15) is 0 Å². The number of nitrogens with zero attached hydrogens (tertiary/aromatic N) is 1. The molecule has 0 radical (unpaired) electrons. The van der Waals surface area contributed by atoms with Gasteiger partial charge < -0.3 is 10.2 Å². The molecule has 7 heteroatoms. The van der Waals surface area contributed by atoms with Crippen LogP contribution in [0.1, 0.15) is 30.7 Å². The van der Waals surface area contributed by atoms with E-state index in [1.165, 1.54) is 0 Å². The number of amides is 2. The first-order valence-electron chi connectivity index (χ1n) is 7.94.